The van der Waals surface area contributed by atoms with Gasteiger partial charge in [0.05, 0.1) is 25.3 Å². The van der Waals surface area contributed by atoms with Crippen molar-refractivity contribution in [3.8, 4) is 11.1 Å². The van der Waals surface area contributed by atoms with Crippen molar-refractivity contribution in [2.24, 2.45) is 10.7 Å². The third kappa shape index (κ3) is 6.16. The number of benzene rings is 1. The second-order valence-corrected chi connectivity index (χ2v) is 10.1. The quantitative estimate of drug-likeness (QED) is 0.206. The molecule has 0 unspecified atom stereocenters. The molecule has 0 spiro atoms. The van der Waals surface area contributed by atoms with E-state index >= 15 is 0 Å². The van der Waals surface area contributed by atoms with E-state index in [0.717, 1.165) is 66.8 Å². The fraction of sp³-hybridized carbons (Fsp3) is 0.360. The molecule has 1 aliphatic rings. The highest BCUT2D eigenvalue weighted by atomic mass is 127. The van der Waals surface area contributed by atoms with Gasteiger partial charge in [0.2, 0.25) is 0 Å². The topological polar surface area (TPSA) is 77.9 Å². The van der Waals surface area contributed by atoms with Gasteiger partial charge in [-0.3, -0.25) is 8.96 Å². The van der Waals surface area contributed by atoms with Gasteiger partial charge in [0.15, 0.2) is 11.5 Å². The summed E-state index contributed by atoms with van der Waals surface area (Å²) in [5, 5.41) is 0.901. The molecule has 0 bridgehead atoms. The number of pyridine rings is 1. The molecule has 0 radical (unpaired) electrons. The van der Waals surface area contributed by atoms with Gasteiger partial charge in [-0.1, -0.05) is 12.1 Å². The van der Waals surface area contributed by atoms with Gasteiger partial charge in [-0.25, -0.2) is 9.37 Å². The zero-order chi connectivity index (χ0) is 24.8. The van der Waals surface area contributed by atoms with Crippen LogP contribution < -0.4 is 5.73 Å². The first-order valence-electron chi connectivity index (χ1n) is 11.4. The van der Waals surface area contributed by atoms with Crippen LogP contribution in [0.1, 0.15) is 18.4 Å². The van der Waals surface area contributed by atoms with E-state index in [1.165, 1.54) is 21.3 Å². The van der Waals surface area contributed by atoms with E-state index in [9.17, 15) is 4.39 Å². The van der Waals surface area contributed by atoms with Crippen molar-refractivity contribution in [3.63, 3.8) is 0 Å². The normalized spacial score (nSPS) is 16.2. The minimum atomic E-state index is -0.278. The first-order chi connectivity index (χ1) is 17.0. The summed E-state index contributed by atoms with van der Waals surface area (Å²) in [5.74, 6) is 0.00156. The standard InChI is InChI=1S/C25H29FIN5O2S/c1-33-11-10-31-8-6-20(7-9-31)29-15-22(24(28)34-2)18-13-21-23(17-4-3-5-19(26)12-17)16-32(35-27)25(21)30-14-18/h3-5,12-16,20H,6-11,28H2,1-2H3/b24-22-,29-15?. The molecule has 0 atom stereocenters. The number of piperidine rings is 1. The molecule has 2 aromatic heterocycles. The molecular weight excluding hydrogens is 580 g/mol. The fourth-order valence-corrected chi connectivity index (χ4v) is 5.50. The fourth-order valence-electron chi connectivity index (χ4n) is 4.25. The van der Waals surface area contributed by atoms with E-state index in [0.29, 0.717) is 5.57 Å². The number of likely N-dealkylation sites (tertiary alicyclic amines) is 1. The minimum absolute atomic E-state index is 0.226. The predicted molar refractivity (Wildman–Crippen MR) is 150 cm³/mol. The van der Waals surface area contributed by atoms with Crippen LogP contribution in [0.15, 0.2) is 53.6 Å². The maximum Gasteiger partial charge on any atom is 0.193 e. The number of aliphatic imine (C=N–C) groups is 1. The summed E-state index contributed by atoms with van der Waals surface area (Å²) in [6.45, 7) is 3.69. The van der Waals surface area contributed by atoms with Crippen LogP contribution in [0.5, 0.6) is 0 Å². The molecule has 186 valence electrons. The zero-order valence-electron chi connectivity index (χ0n) is 19.8. The van der Waals surface area contributed by atoms with Crippen molar-refractivity contribution >= 4 is 53.1 Å². The number of ether oxygens (including phenoxy) is 2. The van der Waals surface area contributed by atoms with Crippen LogP contribution in [0.25, 0.3) is 27.7 Å². The van der Waals surface area contributed by atoms with E-state index in [-0.39, 0.29) is 17.7 Å². The number of nitrogens with zero attached hydrogens (tertiary/aromatic N) is 4. The van der Waals surface area contributed by atoms with Crippen molar-refractivity contribution in [3.05, 3.63) is 60.0 Å². The Hall–Kier alpha value is -2.15. The highest BCUT2D eigenvalue weighted by Crippen LogP contribution is 2.35. The Kier molecular flexibility index (Phi) is 9.04. The largest absolute Gasteiger partial charge is 0.482 e. The Morgan fingerprint density at radius 3 is 2.80 bits per heavy atom. The summed E-state index contributed by atoms with van der Waals surface area (Å²) in [4.78, 5) is 12.0. The number of fused-ring (bicyclic) bond motifs is 1. The average molecular weight is 610 g/mol. The average Bonchev–Trinajstić information content (AvgIpc) is 3.26. The Labute approximate surface area is 221 Å². The summed E-state index contributed by atoms with van der Waals surface area (Å²) in [5.41, 5.74) is 10.2. The number of halogens is 2. The third-order valence-electron chi connectivity index (χ3n) is 6.20. The van der Waals surface area contributed by atoms with E-state index in [1.807, 2.05) is 28.5 Å². The third-order valence-corrected chi connectivity index (χ3v) is 7.90. The first kappa shape index (κ1) is 25.9. The van der Waals surface area contributed by atoms with Crippen molar-refractivity contribution in [2.75, 3.05) is 40.5 Å². The maximum absolute atomic E-state index is 14.0. The lowest BCUT2D eigenvalue weighted by Gasteiger charge is -2.29. The molecule has 3 heterocycles. The lowest BCUT2D eigenvalue weighted by molar-refractivity contribution is 0.131. The molecule has 7 nitrogen and oxygen atoms in total. The maximum atomic E-state index is 14.0. The molecule has 10 heteroatoms. The Balaban J connectivity index is 1.65. The number of allylic oxidation sites excluding steroid dienone is 1. The molecule has 0 saturated carbocycles. The highest BCUT2D eigenvalue weighted by Gasteiger charge is 2.19. The number of methoxy groups -OCH3 is 2. The minimum Gasteiger partial charge on any atom is -0.482 e. The molecule has 1 aliphatic heterocycles. The number of nitrogens with two attached hydrogens (primary N) is 1. The summed E-state index contributed by atoms with van der Waals surface area (Å²) in [7, 11) is 4.78. The molecule has 0 amide bonds. The molecule has 0 aliphatic carbocycles. The van der Waals surface area contributed by atoms with Crippen LogP contribution >= 0.6 is 30.3 Å². The van der Waals surface area contributed by atoms with E-state index in [2.05, 4.69) is 26.1 Å². The van der Waals surface area contributed by atoms with Gasteiger partial charge in [-0.05, 0) is 36.6 Å². The second kappa shape index (κ2) is 12.2. The van der Waals surface area contributed by atoms with Crippen molar-refractivity contribution < 1.29 is 13.9 Å². The van der Waals surface area contributed by atoms with E-state index < -0.39 is 0 Å². The van der Waals surface area contributed by atoms with Gasteiger partial charge in [0.1, 0.15) is 5.82 Å². The lowest BCUT2D eigenvalue weighted by Crippen LogP contribution is -2.37. The van der Waals surface area contributed by atoms with Gasteiger partial charge in [0, 0.05) is 92.2 Å². The van der Waals surface area contributed by atoms with Gasteiger partial charge in [-0.2, -0.15) is 0 Å². The Morgan fingerprint density at radius 2 is 2.11 bits per heavy atom. The molecule has 1 saturated heterocycles. The number of hydrogen-bond donors (Lipinski definition) is 1. The lowest BCUT2D eigenvalue weighted by atomic mass is 10.0. The SMILES string of the molecule is COCCN1CCC(N=C/C(=C(\N)OC)c2cnc3c(c2)c(-c2cccc(F)c2)cn3SI)CC1. The number of aromatic nitrogens is 2. The van der Waals surface area contributed by atoms with Crippen LogP contribution in [-0.4, -0.2) is 66.6 Å². The number of hydrogen-bond acceptors (Lipinski definition) is 7. The summed E-state index contributed by atoms with van der Waals surface area (Å²) in [6, 6.07) is 8.83. The molecule has 3 aromatic rings. The van der Waals surface area contributed by atoms with Crippen LogP contribution in [-0.2, 0) is 9.47 Å². The van der Waals surface area contributed by atoms with Crippen LogP contribution in [0, 0.1) is 5.82 Å². The van der Waals surface area contributed by atoms with Crippen molar-refractivity contribution in [1.82, 2.24) is 13.9 Å². The van der Waals surface area contributed by atoms with Gasteiger partial charge >= 0.3 is 0 Å². The van der Waals surface area contributed by atoms with Gasteiger partial charge < -0.3 is 20.1 Å². The Bertz CT molecular complexity index is 1220. The summed E-state index contributed by atoms with van der Waals surface area (Å²) >= 11 is 2.21. The van der Waals surface area contributed by atoms with Crippen LogP contribution in [0.3, 0.4) is 0 Å². The second-order valence-electron chi connectivity index (χ2n) is 8.37. The number of rotatable bonds is 9. The smallest absolute Gasteiger partial charge is 0.193 e. The summed E-state index contributed by atoms with van der Waals surface area (Å²) < 4.78 is 26.5. The predicted octanol–water partition coefficient (Wildman–Crippen LogP) is 5.14. The van der Waals surface area contributed by atoms with E-state index in [4.69, 9.17) is 25.2 Å². The Morgan fingerprint density at radius 1 is 1.31 bits per heavy atom. The first-order valence-corrected chi connectivity index (χ1v) is 14.7. The van der Waals surface area contributed by atoms with Gasteiger partial charge in [0.25, 0.3) is 0 Å². The van der Waals surface area contributed by atoms with E-state index in [1.54, 1.807) is 26.5 Å². The summed E-state index contributed by atoms with van der Waals surface area (Å²) in [6.07, 6.45) is 7.53. The van der Waals surface area contributed by atoms with Gasteiger partial charge in [-0.15, -0.1) is 0 Å². The molecule has 4 rings (SSSR count). The highest BCUT2D eigenvalue weighted by molar-refractivity contribution is 14.2. The van der Waals surface area contributed by atoms with Crippen molar-refractivity contribution in [1.29, 1.82) is 0 Å². The molecule has 1 fully saturated rings. The monoisotopic (exact) mass is 609 g/mol. The molecular formula is C25H29FIN5O2S. The van der Waals surface area contributed by atoms with Crippen LogP contribution in [0.4, 0.5) is 4.39 Å². The van der Waals surface area contributed by atoms with Crippen LogP contribution in [0.2, 0.25) is 0 Å². The molecule has 2 N–H and O–H groups in total. The molecule has 35 heavy (non-hydrogen) atoms. The zero-order valence-corrected chi connectivity index (χ0v) is 22.8. The molecule has 1 aromatic carbocycles. The van der Waals surface area contributed by atoms with Crippen molar-refractivity contribution in [2.45, 2.75) is 18.9 Å².